The van der Waals surface area contributed by atoms with Crippen LogP contribution < -0.4 is 15.2 Å². The maximum Gasteiger partial charge on any atom is 0.122 e. The average Bonchev–Trinajstić information content (AvgIpc) is 2.55. The molecule has 1 atom stereocenters. The van der Waals surface area contributed by atoms with Crippen LogP contribution in [0.5, 0.6) is 11.5 Å². The van der Waals surface area contributed by atoms with Crippen LogP contribution in [-0.4, -0.2) is 20.3 Å². The molecule has 0 aliphatic rings. The van der Waals surface area contributed by atoms with E-state index in [1.807, 2.05) is 24.3 Å². The van der Waals surface area contributed by atoms with Crippen LogP contribution in [0.25, 0.3) is 0 Å². The third-order valence-corrected chi connectivity index (χ3v) is 4.13. The van der Waals surface area contributed by atoms with Gasteiger partial charge in [0.25, 0.3) is 0 Å². The summed E-state index contributed by atoms with van der Waals surface area (Å²) in [5, 5.41) is 0. The van der Waals surface area contributed by atoms with Crippen molar-refractivity contribution in [2.45, 2.75) is 26.2 Å². The third-order valence-electron chi connectivity index (χ3n) is 4.13. The number of ether oxygens (including phenoxy) is 2. The van der Waals surface area contributed by atoms with E-state index in [0.29, 0.717) is 13.2 Å². The molecule has 2 rings (SSSR count). The fourth-order valence-corrected chi connectivity index (χ4v) is 2.51. The van der Waals surface area contributed by atoms with E-state index in [-0.39, 0.29) is 5.92 Å². The Morgan fingerprint density at radius 1 is 1.09 bits per heavy atom. The van der Waals surface area contributed by atoms with Gasteiger partial charge < -0.3 is 15.2 Å². The zero-order valence-corrected chi connectivity index (χ0v) is 13.6. The van der Waals surface area contributed by atoms with Gasteiger partial charge in [-0.05, 0) is 67.6 Å². The monoisotopic (exact) mass is 299 g/mol. The fourth-order valence-electron chi connectivity index (χ4n) is 2.51. The number of hydrogen-bond donors (Lipinski definition) is 1. The summed E-state index contributed by atoms with van der Waals surface area (Å²) < 4.78 is 11.2. The van der Waals surface area contributed by atoms with Gasteiger partial charge in [0, 0.05) is 0 Å². The average molecular weight is 299 g/mol. The minimum Gasteiger partial charge on any atom is -0.497 e. The molecular formula is C19H25NO2. The number of aryl methyl sites for hydroxylation is 1. The third kappa shape index (κ3) is 4.01. The fraction of sp³-hybridized carbons (Fsp3) is 0.368. The molecule has 0 spiro atoms. The van der Waals surface area contributed by atoms with Crippen LogP contribution in [0.4, 0.5) is 0 Å². The molecule has 1 unspecified atom stereocenters. The summed E-state index contributed by atoms with van der Waals surface area (Å²) in [6, 6.07) is 14.2. The first-order valence-electron chi connectivity index (χ1n) is 7.68. The molecule has 0 heterocycles. The summed E-state index contributed by atoms with van der Waals surface area (Å²) in [6.07, 6.45) is 0.886. The van der Waals surface area contributed by atoms with Gasteiger partial charge in [0.1, 0.15) is 11.5 Å². The van der Waals surface area contributed by atoms with Crippen molar-refractivity contribution in [3.05, 3.63) is 59.2 Å². The molecule has 0 saturated heterocycles. The number of hydrogen-bond acceptors (Lipinski definition) is 3. The molecule has 2 aromatic carbocycles. The molecule has 0 saturated carbocycles. The van der Waals surface area contributed by atoms with Crippen LogP contribution in [-0.2, 0) is 0 Å². The molecule has 0 bridgehead atoms. The van der Waals surface area contributed by atoms with Gasteiger partial charge in [-0.1, -0.05) is 24.3 Å². The Hall–Kier alpha value is -2.00. The molecule has 0 aliphatic heterocycles. The Morgan fingerprint density at radius 2 is 1.86 bits per heavy atom. The van der Waals surface area contributed by atoms with E-state index < -0.39 is 0 Å². The van der Waals surface area contributed by atoms with E-state index in [0.717, 1.165) is 17.9 Å². The van der Waals surface area contributed by atoms with Gasteiger partial charge in [0.05, 0.1) is 13.7 Å². The molecule has 118 valence electrons. The minimum atomic E-state index is 0.278. The topological polar surface area (TPSA) is 44.5 Å². The molecule has 3 heteroatoms. The summed E-state index contributed by atoms with van der Waals surface area (Å²) in [6.45, 7) is 5.45. The molecule has 3 nitrogen and oxygen atoms in total. The highest BCUT2D eigenvalue weighted by Crippen LogP contribution is 2.25. The summed E-state index contributed by atoms with van der Waals surface area (Å²) in [7, 11) is 1.68. The number of nitrogens with two attached hydrogens (primary N) is 1. The van der Waals surface area contributed by atoms with Crippen LogP contribution in [0.15, 0.2) is 42.5 Å². The lowest BCUT2D eigenvalue weighted by molar-refractivity contribution is 0.296. The van der Waals surface area contributed by atoms with Crippen molar-refractivity contribution in [1.82, 2.24) is 0 Å². The molecule has 0 radical (unpaired) electrons. The summed E-state index contributed by atoms with van der Waals surface area (Å²) in [5.41, 5.74) is 9.59. The van der Waals surface area contributed by atoms with Crippen molar-refractivity contribution in [1.29, 1.82) is 0 Å². The Kier molecular flexibility index (Phi) is 5.84. The summed E-state index contributed by atoms with van der Waals surface area (Å²) >= 11 is 0. The molecule has 2 aromatic rings. The first-order chi connectivity index (χ1) is 10.7. The second-order valence-electron chi connectivity index (χ2n) is 5.54. The quantitative estimate of drug-likeness (QED) is 0.845. The van der Waals surface area contributed by atoms with Crippen LogP contribution in [0.1, 0.15) is 29.0 Å². The summed E-state index contributed by atoms with van der Waals surface area (Å²) in [4.78, 5) is 0. The highest BCUT2D eigenvalue weighted by atomic mass is 16.5. The van der Waals surface area contributed by atoms with E-state index in [9.17, 15) is 0 Å². The van der Waals surface area contributed by atoms with Gasteiger partial charge in [-0.2, -0.15) is 0 Å². The summed E-state index contributed by atoms with van der Waals surface area (Å²) in [5.74, 6) is 2.10. The lowest BCUT2D eigenvalue weighted by Crippen LogP contribution is -2.16. The van der Waals surface area contributed by atoms with Crippen LogP contribution in [0.3, 0.4) is 0 Å². The number of rotatable bonds is 7. The number of benzene rings is 2. The second kappa shape index (κ2) is 7.85. The maximum absolute atomic E-state index is 5.94. The van der Waals surface area contributed by atoms with Gasteiger partial charge in [-0.15, -0.1) is 0 Å². The Bertz CT molecular complexity index is 610. The first-order valence-corrected chi connectivity index (χ1v) is 7.68. The standard InChI is InChI=1S/C19H25NO2/c1-14-6-4-9-19(15(14)2)22-11-10-17(13-20)16-7-5-8-18(12-16)21-3/h4-9,12,17H,10-11,13,20H2,1-3H3. The van der Waals surface area contributed by atoms with Crippen LogP contribution in [0.2, 0.25) is 0 Å². The van der Waals surface area contributed by atoms with Crippen molar-refractivity contribution < 1.29 is 9.47 Å². The molecule has 0 aliphatic carbocycles. The Balaban J connectivity index is 1.97. The molecular weight excluding hydrogens is 274 g/mol. The minimum absolute atomic E-state index is 0.278. The second-order valence-corrected chi connectivity index (χ2v) is 5.54. The van der Waals surface area contributed by atoms with E-state index >= 15 is 0 Å². The van der Waals surface area contributed by atoms with E-state index in [1.54, 1.807) is 7.11 Å². The van der Waals surface area contributed by atoms with Crippen molar-refractivity contribution >= 4 is 0 Å². The molecule has 22 heavy (non-hydrogen) atoms. The van der Waals surface area contributed by atoms with Crippen LogP contribution >= 0.6 is 0 Å². The number of methoxy groups -OCH3 is 1. The SMILES string of the molecule is COc1cccc(C(CN)CCOc2cccc(C)c2C)c1. The highest BCUT2D eigenvalue weighted by molar-refractivity contribution is 5.38. The van der Waals surface area contributed by atoms with Gasteiger partial charge in [-0.25, -0.2) is 0 Å². The zero-order chi connectivity index (χ0) is 15.9. The smallest absolute Gasteiger partial charge is 0.122 e. The predicted molar refractivity (Wildman–Crippen MR) is 90.8 cm³/mol. The van der Waals surface area contributed by atoms with Gasteiger partial charge in [0.2, 0.25) is 0 Å². The van der Waals surface area contributed by atoms with Crippen molar-refractivity contribution in [2.24, 2.45) is 5.73 Å². The highest BCUT2D eigenvalue weighted by Gasteiger charge is 2.11. The normalized spacial score (nSPS) is 12.0. The van der Waals surface area contributed by atoms with E-state index in [2.05, 4.69) is 32.0 Å². The zero-order valence-electron chi connectivity index (χ0n) is 13.6. The molecule has 0 amide bonds. The van der Waals surface area contributed by atoms with Crippen molar-refractivity contribution in [2.75, 3.05) is 20.3 Å². The van der Waals surface area contributed by atoms with Crippen LogP contribution in [0, 0.1) is 13.8 Å². The molecule has 2 N–H and O–H groups in total. The van der Waals surface area contributed by atoms with E-state index in [1.165, 1.54) is 16.7 Å². The Morgan fingerprint density at radius 3 is 2.59 bits per heavy atom. The van der Waals surface area contributed by atoms with Crippen molar-refractivity contribution in [3.8, 4) is 11.5 Å². The lowest BCUT2D eigenvalue weighted by atomic mass is 9.96. The predicted octanol–water partition coefficient (Wildman–Crippen LogP) is 3.82. The molecule has 0 fully saturated rings. The van der Waals surface area contributed by atoms with Gasteiger partial charge in [0.15, 0.2) is 0 Å². The van der Waals surface area contributed by atoms with Crippen molar-refractivity contribution in [3.63, 3.8) is 0 Å². The first kappa shape index (κ1) is 16.4. The molecule has 0 aromatic heterocycles. The Labute approximate surface area is 133 Å². The maximum atomic E-state index is 5.94. The lowest BCUT2D eigenvalue weighted by Gasteiger charge is -2.17. The van der Waals surface area contributed by atoms with Gasteiger partial charge in [-0.3, -0.25) is 0 Å². The van der Waals surface area contributed by atoms with Gasteiger partial charge >= 0.3 is 0 Å². The largest absolute Gasteiger partial charge is 0.497 e. The van der Waals surface area contributed by atoms with E-state index in [4.69, 9.17) is 15.2 Å².